The summed E-state index contributed by atoms with van der Waals surface area (Å²) >= 11 is 0. The maximum Gasteiger partial charge on any atom is 0.332 e. The number of likely N-dealkylation sites (tertiary alicyclic amines) is 1. The number of amides is 4. The molecular weight excluding hydrogens is 366 g/mol. The number of rotatable bonds is 4. The molecule has 2 aliphatic rings. The summed E-state index contributed by atoms with van der Waals surface area (Å²) < 4.78 is 0. The van der Waals surface area contributed by atoms with Gasteiger partial charge in [-0.25, -0.2) is 4.79 Å². The van der Waals surface area contributed by atoms with Crippen LogP contribution in [0.1, 0.15) is 36.9 Å². The zero-order chi connectivity index (χ0) is 20.5. The van der Waals surface area contributed by atoms with Gasteiger partial charge in [0.2, 0.25) is 5.91 Å². The van der Waals surface area contributed by atoms with E-state index in [4.69, 9.17) is 0 Å². The molecule has 0 unspecified atom stereocenters. The molecule has 0 saturated carbocycles. The number of nitrogens with zero attached hydrogens (tertiary/aromatic N) is 3. The number of hydrogen-bond donors (Lipinski definition) is 0. The second-order valence-electron chi connectivity index (χ2n) is 7.74. The molecule has 6 nitrogen and oxygen atoms in total. The molecule has 2 fully saturated rings. The van der Waals surface area contributed by atoms with Crippen LogP contribution < -0.4 is 4.90 Å². The molecule has 4 amide bonds. The Bertz CT molecular complexity index is 926. The van der Waals surface area contributed by atoms with Gasteiger partial charge in [-0.1, -0.05) is 48.0 Å². The molecule has 2 aromatic rings. The number of urea groups is 1. The van der Waals surface area contributed by atoms with Crippen LogP contribution >= 0.6 is 0 Å². The Balaban J connectivity index is 1.51. The molecule has 2 saturated heterocycles. The normalized spacial score (nSPS) is 21.9. The molecule has 0 bridgehead atoms. The highest BCUT2D eigenvalue weighted by Crippen LogP contribution is 2.32. The third kappa shape index (κ3) is 3.50. The molecule has 0 radical (unpaired) electrons. The van der Waals surface area contributed by atoms with E-state index in [2.05, 4.69) is 0 Å². The minimum absolute atomic E-state index is 0.00197. The zero-order valence-electron chi connectivity index (χ0n) is 16.7. The Morgan fingerprint density at radius 3 is 2.41 bits per heavy atom. The summed E-state index contributed by atoms with van der Waals surface area (Å²) in [6.45, 7) is 4.10. The van der Waals surface area contributed by atoms with E-state index in [0.29, 0.717) is 12.2 Å². The van der Waals surface area contributed by atoms with Gasteiger partial charge in [-0.3, -0.25) is 19.4 Å². The molecule has 0 aromatic heterocycles. The van der Waals surface area contributed by atoms with Crippen molar-refractivity contribution in [3.05, 3.63) is 65.7 Å². The molecule has 2 aromatic carbocycles. The van der Waals surface area contributed by atoms with Gasteiger partial charge in [0.25, 0.3) is 5.91 Å². The maximum atomic E-state index is 13.0. The minimum Gasteiger partial charge on any atom is -0.334 e. The van der Waals surface area contributed by atoms with Crippen molar-refractivity contribution >= 4 is 23.5 Å². The van der Waals surface area contributed by atoms with Crippen LogP contribution in [0.3, 0.4) is 0 Å². The van der Waals surface area contributed by atoms with Crippen LogP contribution in [0.2, 0.25) is 0 Å². The summed E-state index contributed by atoms with van der Waals surface area (Å²) in [4.78, 5) is 43.1. The van der Waals surface area contributed by atoms with Gasteiger partial charge in [-0.15, -0.1) is 0 Å². The van der Waals surface area contributed by atoms with Crippen LogP contribution in [0.15, 0.2) is 54.6 Å². The molecule has 6 heteroatoms. The zero-order valence-corrected chi connectivity index (χ0v) is 16.7. The monoisotopic (exact) mass is 391 g/mol. The first-order valence-corrected chi connectivity index (χ1v) is 10.0. The number of carbonyl (C=O) groups excluding carboxylic acids is 3. The Labute approximate surface area is 170 Å². The fourth-order valence-corrected chi connectivity index (χ4v) is 4.22. The summed E-state index contributed by atoms with van der Waals surface area (Å²) in [5.41, 5.74) is 2.83. The summed E-state index contributed by atoms with van der Waals surface area (Å²) in [5.74, 6) is -0.518. The van der Waals surface area contributed by atoms with Crippen molar-refractivity contribution in [2.45, 2.75) is 38.8 Å². The van der Waals surface area contributed by atoms with E-state index in [1.165, 1.54) is 4.90 Å². The molecule has 0 N–H and O–H groups in total. The minimum atomic E-state index is -0.624. The third-order valence-corrected chi connectivity index (χ3v) is 5.81. The summed E-state index contributed by atoms with van der Waals surface area (Å²) in [5, 5.41) is 0. The lowest BCUT2D eigenvalue weighted by molar-refractivity contribution is -0.137. The average Bonchev–Trinajstić information content (AvgIpc) is 3.30. The largest absolute Gasteiger partial charge is 0.334 e. The Kier molecular flexibility index (Phi) is 5.09. The number of carbonyl (C=O) groups is 3. The summed E-state index contributed by atoms with van der Waals surface area (Å²) in [6.07, 6.45) is 1.81. The lowest BCUT2D eigenvalue weighted by Crippen LogP contribution is -2.43. The van der Waals surface area contributed by atoms with Crippen LogP contribution in [-0.4, -0.2) is 46.8 Å². The molecule has 2 atom stereocenters. The highest BCUT2D eigenvalue weighted by molar-refractivity contribution is 6.15. The quantitative estimate of drug-likeness (QED) is 0.750. The van der Waals surface area contributed by atoms with Crippen molar-refractivity contribution < 1.29 is 14.4 Å². The molecule has 4 rings (SSSR count). The van der Waals surface area contributed by atoms with Crippen LogP contribution in [0, 0.1) is 6.92 Å². The van der Waals surface area contributed by atoms with Gasteiger partial charge in [0, 0.05) is 12.2 Å². The maximum absolute atomic E-state index is 13.0. The lowest BCUT2D eigenvalue weighted by atomic mass is 10.0. The van der Waals surface area contributed by atoms with E-state index in [-0.39, 0.29) is 24.4 Å². The number of hydrogen-bond acceptors (Lipinski definition) is 3. The molecule has 29 heavy (non-hydrogen) atoms. The first kappa shape index (κ1) is 19.2. The average molecular weight is 391 g/mol. The van der Waals surface area contributed by atoms with Crippen LogP contribution in [-0.2, 0) is 9.59 Å². The van der Waals surface area contributed by atoms with Crippen molar-refractivity contribution in [1.29, 1.82) is 0 Å². The smallest absolute Gasteiger partial charge is 0.332 e. The van der Waals surface area contributed by atoms with Gasteiger partial charge in [0.1, 0.15) is 12.6 Å². The van der Waals surface area contributed by atoms with Gasteiger partial charge in [0.15, 0.2) is 0 Å². The standard InChI is InChI=1S/C23H25N3O3/c1-16-10-12-19(13-11-16)26-17(2)22(28)25(23(26)29)15-21(27)24-14-6-9-20(24)18-7-4-3-5-8-18/h3-5,7-8,10-13,17,20H,6,9,14-15H2,1-2H3/t17-,20-/m1/s1. The summed E-state index contributed by atoms with van der Waals surface area (Å²) in [7, 11) is 0. The number of imide groups is 1. The predicted octanol–water partition coefficient (Wildman–Crippen LogP) is 3.52. The van der Waals surface area contributed by atoms with E-state index in [9.17, 15) is 14.4 Å². The Hall–Kier alpha value is -3.15. The second kappa shape index (κ2) is 7.70. The number of benzene rings is 2. The van der Waals surface area contributed by atoms with Crippen LogP contribution in [0.5, 0.6) is 0 Å². The first-order valence-electron chi connectivity index (χ1n) is 10.0. The molecular formula is C23H25N3O3. The molecule has 0 aliphatic carbocycles. The van der Waals surface area contributed by atoms with Gasteiger partial charge in [-0.2, -0.15) is 0 Å². The topological polar surface area (TPSA) is 60.9 Å². The lowest BCUT2D eigenvalue weighted by Gasteiger charge is -2.27. The SMILES string of the molecule is Cc1ccc(N2C(=O)N(CC(=O)N3CCC[C@@H]3c3ccccc3)C(=O)[C@H]2C)cc1. The highest BCUT2D eigenvalue weighted by Gasteiger charge is 2.45. The van der Waals surface area contributed by atoms with Gasteiger partial charge < -0.3 is 4.90 Å². The fraction of sp³-hybridized carbons (Fsp3) is 0.348. The molecule has 0 spiro atoms. The molecule has 2 aliphatic heterocycles. The Morgan fingerprint density at radius 2 is 1.72 bits per heavy atom. The number of anilines is 1. The van der Waals surface area contributed by atoms with Crippen molar-refractivity contribution in [2.75, 3.05) is 18.0 Å². The van der Waals surface area contributed by atoms with E-state index in [1.807, 2.05) is 61.5 Å². The van der Waals surface area contributed by atoms with E-state index < -0.39 is 12.1 Å². The van der Waals surface area contributed by atoms with E-state index in [1.54, 1.807) is 11.8 Å². The van der Waals surface area contributed by atoms with Gasteiger partial charge in [-0.05, 0) is 44.4 Å². The predicted molar refractivity (Wildman–Crippen MR) is 110 cm³/mol. The van der Waals surface area contributed by atoms with E-state index >= 15 is 0 Å². The summed E-state index contributed by atoms with van der Waals surface area (Å²) in [6, 6.07) is 16.3. The molecule has 2 heterocycles. The van der Waals surface area contributed by atoms with E-state index in [0.717, 1.165) is 28.9 Å². The van der Waals surface area contributed by atoms with Crippen molar-refractivity contribution in [3.63, 3.8) is 0 Å². The van der Waals surface area contributed by atoms with Gasteiger partial charge >= 0.3 is 6.03 Å². The van der Waals surface area contributed by atoms with Gasteiger partial charge in [0.05, 0.1) is 6.04 Å². The van der Waals surface area contributed by atoms with Crippen molar-refractivity contribution in [3.8, 4) is 0 Å². The third-order valence-electron chi connectivity index (χ3n) is 5.81. The highest BCUT2D eigenvalue weighted by atomic mass is 16.2. The van der Waals surface area contributed by atoms with Crippen LogP contribution in [0.4, 0.5) is 10.5 Å². The van der Waals surface area contributed by atoms with Crippen molar-refractivity contribution in [1.82, 2.24) is 9.80 Å². The fourth-order valence-electron chi connectivity index (χ4n) is 4.22. The first-order chi connectivity index (χ1) is 14.0. The second-order valence-corrected chi connectivity index (χ2v) is 7.74. The molecule has 150 valence electrons. The van der Waals surface area contributed by atoms with Crippen molar-refractivity contribution in [2.24, 2.45) is 0 Å². The van der Waals surface area contributed by atoms with Crippen LogP contribution in [0.25, 0.3) is 0 Å². The Morgan fingerprint density at radius 1 is 1.03 bits per heavy atom. The number of aryl methyl sites for hydroxylation is 1.